The number of hydrogen-bond donors (Lipinski definition) is 1. The molecule has 0 bridgehead atoms. The molecule has 3 amide bonds. The molecule has 4 rings (SSSR count). The third-order valence-electron chi connectivity index (χ3n) is 5.49. The highest BCUT2D eigenvalue weighted by molar-refractivity contribution is 6.22. The molecule has 0 aromatic heterocycles. The van der Waals surface area contributed by atoms with E-state index in [1.54, 1.807) is 19.1 Å². The van der Waals surface area contributed by atoms with E-state index < -0.39 is 36.3 Å². The van der Waals surface area contributed by atoms with Gasteiger partial charge in [-0.15, -0.1) is 0 Å². The molecule has 33 heavy (non-hydrogen) atoms. The number of carbonyl (C=O) groups is 4. The number of esters is 1. The van der Waals surface area contributed by atoms with Crippen molar-refractivity contribution in [2.24, 2.45) is 0 Å². The van der Waals surface area contributed by atoms with E-state index in [4.69, 9.17) is 4.74 Å². The van der Waals surface area contributed by atoms with Gasteiger partial charge in [0.05, 0.1) is 22.7 Å². The van der Waals surface area contributed by atoms with Crippen molar-refractivity contribution in [1.82, 2.24) is 4.90 Å². The first kappa shape index (κ1) is 22.0. The highest BCUT2D eigenvalue weighted by Crippen LogP contribution is 2.31. The molecule has 0 unspecified atom stereocenters. The number of carbonyl (C=O) groups excluding carboxylic acids is 4. The Hall–Kier alpha value is -4.26. The van der Waals surface area contributed by atoms with Gasteiger partial charge in [0.25, 0.3) is 17.7 Å². The van der Waals surface area contributed by atoms with Gasteiger partial charge in [-0.05, 0) is 49.7 Å². The van der Waals surface area contributed by atoms with Gasteiger partial charge >= 0.3 is 5.97 Å². The minimum Gasteiger partial charge on any atom is -0.452 e. The molecule has 1 N–H and O–H groups in total. The fraction of sp³-hybridized carbons (Fsp3) is 0.154. The van der Waals surface area contributed by atoms with Gasteiger partial charge < -0.3 is 10.1 Å². The van der Waals surface area contributed by atoms with E-state index in [9.17, 15) is 19.2 Å². The third kappa shape index (κ3) is 4.52. The standard InChI is InChI=1S/C26H22N2O5/c1-16-8-11-20(12-9-16)27-23(29)15-33-26(32)19-10-13-21-22(14-19)25(31)28(24(21)30)17(2)18-6-4-3-5-7-18/h3-14,17H,15H2,1-2H3,(H,27,29)/t17-/m1/s1. The van der Waals surface area contributed by atoms with Crippen molar-refractivity contribution in [1.29, 1.82) is 0 Å². The number of ether oxygens (including phenoxy) is 1. The first-order valence-corrected chi connectivity index (χ1v) is 10.5. The molecular formula is C26H22N2O5. The van der Waals surface area contributed by atoms with Crippen LogP contribution in [0.4, 0.5) is 5.69 Å². The van der Waals surface area contributed by atoms with Gasteiger partial charge in [0.1, 0.15) is 0 Å². The van der Waals surface area contributed by atoms with Crippen molar-refractivity contribution in [3.05, 3.63) is 101 Å². The van der Waals surface area contributed by atoms with Gasteiger partial charge in [0, 0.05) is 5.69 Å². The molecule has 7 heteroatoms. The minimum atomic E-state index is -0.758. The zero-order valence-electron chi connectivity index (χ0n) is 18.2. The highest BCUT2D eigenvalue weighted by atomic mass is 16.5. The van der Waals surface area contributed by atoms with E-state index in [2.05, 4.69) is 5.32 Å². The van der Waals surface area contributed by atoms with Gasteiger partial charge in [0.2, 0.25) is 0 Å². The Morgan fingerprint density at radius 3 is 2.27 bits per heavy atom. The van der Waals surface area contributed by atoms with Crippen molar-refractivity contribution in [3.63, 3.8) is 0 Å². The largest absolute Gasteiger partial charge is 0.452 e. The molecule has 166 valence electrons. The predicted molar refractivity (Wildman–Crippen MR) is 122 cm³/mol. The smallest absolute Gasteiger partial charge is 0.338 e. The lowest BCUT2D eigenvalue weighted by Crippen LogP contribution is -2.32. The van der Waals surface area contributed by atoms with E-state index in [0.29, 0.717) is 5.69 Å². The summed E-state index contributed by atoms with van der Waals surface area (Å²) in [7, 11) is 0. The number of amides is 3. The predicted octanol–water partition coefficient (Wildman–Crippen LogP) is 4.15. The van der Waals surface area contributed by atoms with Crippen LogP contribution in [-0.4, -0.2) is 35.2 Å². The summed E-state index contributed by atoms with van der Waals surface area (Å²) in [4.78, 5) is 51.5. The van der Waals surface area contributed by atoms with Crippen LogP contribution < -0.4 is 5.32 Å². The number of aryl methyl sites for hydroxylation is 1. The summed E-state index contributed by atoms with van der Waals surface area (Å²) < 4.78 is 5.09. The molecule has 1 aliphatic rings. The molecule has 3 aromatic rings. The second-order valence-electron chi connectivity index (χ2n) is 7.82. The molecule has 1 heterocycles. The lowest BCUT2D eigenvalue weighted by molar-refractivity contribution is -0.119. The molecule has 0 spiro atoms. The number of fused-ring (bicyclic) bond motifs is 1. The quantitative estimate of drug-likeness (QED) is 0.457. The van der Waals surface area contributed by atoms with E-state index in [1.807, 2.05) is 49.4 Å². The van der Waals surface area contributed by atoms with E-state index in [1.165, 1.54) is 23.1 Å². The summed E-state index contributed by atoms with van der Waals surface area (Å²) >= 11 is 0. The number of rotatable bonds is 6. The Morgan fingerprint density at radius 2 is 1.58 bits per heavy atom. The Labute approximate surface area is 191 Å². The normalized spacial score (nSPS) is 13.5. The van der Waals surface area contributed by atoms with Crippen LogP contribution in [0, 0.1) is 6.92 Å². The lowest BCUT2D eigenvalue weighted by Gasteiger charge is -2.22. The van der Waals surface area contributed by atoms with Crippen molar-refractivity contribution in [2.75, 3.05) is 11.9 Å². The maximum Gasteiger partial charge on any atom is 0.338 e. The fourth-order valence-corrected chi connectivity index (χ4v) is 3.67. The number of anilines is 1. The summed E-state index contributed by atoms with van der Waals surface area (Å²) in [6, 6.07) is 20.2. The van der Waals surface area contributed by atoms with Gasteiger partial charge in [-0.2, -0.15) is 0 Å². The molecule has 7 nitrogen and oxygen atoms in total. The van der Waals surface area contributed by atoms with E-state index >= 15 is 0 Å². The van der Waals surface area contributed by atoms with E-state index in [0.717, 1.165) is 11.1 Å². The number of benzene rings is 3. The van der Waals surface area contributed by atoms with Gasteiger partial charge in [-0.25, -0.2) is 4.79 Å². The monoisotopic (exact) mass is 442 g/mol. The Balaban J connectivity index is 1.43. The molecule has 1 atom stereocenters. The number of hydrogen-bond acceptors (Lipinski definition) is 5. The Morgan fingerprint density at radius 1 is 0.909 bits per heavy atom. The topological polar surface area (TPSA) is 92.8 Å². The van der Waals surface area contributed by atoms with Crippen molar-refractivity contribution >= 4 is 29.4 Å². The molecule has 0 radical (unpaired) electrons. The molecule has 0 fully saturated rings. The van der Waals surface area contributed by atoms with Crippen molar-refractivity contribution < 1.29 is 23.9 Å². The number of nitrogens with zero attached hydrogens (tertiary/aromatic N) is 1. The molecule has 0 aliphatic carbocycles. The first-order valence-electron chi connectivity index (χ1n) is 10.5. The zero-order valence-corrected chi connectivity index (χ0v) is 18.2. The van der Waals surface area contributed by atoms with Crippen LogP contribution in [0.3, 0.4) is 0 Å². The summed E-state index contributed by atoms with van der Waals surface area (Å²) in [5.41, 5.74) is 2.94. The average molecular weight is 442 g/mol. The second kappa shape index (κ2) is 9.08. The zero-order chi connectivity index (χ0) is 23.5. The lowest BCUT2D eigenvalue weighted by atomic mass is 10.1. The first-order chi connectivity index (χ1) is 15.8. The third-order valence-corrected chi connectivity index (χ3v) is 5.49. The molecule has 0 saturated heterocycles. The number of nitrogens with one attached hydrogen (secondary N) is 1. The van der Waals surface area contributed by atoms with Crippen LogP contribution in [-0.2, 0) is 9.53 Å². The van der Waals surface area contributed by atoms with Crippen LogP contribution in [0.1, 0.15) is 55.2 Å². The average Bonchev–Trinajstić information content (AvgIpc) is 3.08. The Bertz CT molecular complexity index is 1240. The molecular weight excluding hydrogens is 420 g/mol. The van der Waals surface area contributed by atoms with Gasteiger partial charge in [0.15, 0.2) is 6.61 Å². The molecule has 3 aromatic carbocycles. The van der Waals surface area contributed by atoms with Crippen LogP contribution in [0.5, 0.6) is 0 Å². The van der Waals surface area contributed by atoms with Crippen molar-refractivity contribution in [3.8, 4) is 0 Å². The molecule has 1 aliphatic heterocycles. The summed E-state index contributed by atoms with van der Waals surface area (Å²) in [6.45, 7) is 3.23. The summed E-state index contributed by atoms with van der Waals surface area (Å²) in [5, 5.41) is 2.64. The number of imide groups is 1. The summed E-state index contributed by atoms with van der Waals surface area (Å²) in [6.07, 6.45) is 0. The second-order valence-corrected chi connectivity index (χ2v) is 7.82. The van der Waals surface area contributed by atoms with E-state index in [-0.39, 0.29) is 16.7 Å². The molecule has 0 saturated carbocycles. The SMILES string of the molecule is Cc1ccc(NC(=O)COC(=O)c2ccc3c(c2)C(=O)N([C@H](C)c2ccccc2)C3=O)cc1. The minimum absolute atomic E-state index is 0.0900. The van der Waals surface area contributed by atoms with Crippen LogP contribution in [0.15, 0.2) is 72.8 Å². The summed E-state index contributed by atoms with van der Waals surface area (Å²) in [5.74, 6) is -2.13. The van der Waals surface area contributed by atoms with Gasteiger partial charge in [-0.1, -0.05) is 48.0 Å². The Kier molecular flexibility index (Phi) is 6.04. The maximum atomic E-state index is 13.0. The van der Waals surface area contributed by atoms with Crippen LogP contribution in [0.2, 0.25) is 0 Å². The maximum absolute atomic E-state index is 13.0. The fourth-order valence-electron chi connectivity index (χ4n) is 3.67. The van der Waals surface area contributed by atoms with Crippen molar-refractivity contribution in [2.45, 2.75) is 19.9 Å². The highest BCUT2D eigenvalue weighted by Gasteiger charge is 2.39. The van der Waals surface area contributed by atoms with Crippen LogP contribution >= 0.6 is 0 Å². The van der Waals surface area contributed by atoms with Gasteiger partial charge in [-0.3, -0.25) is 19.3 Å². The van der Waals surface area contributed by atoms with Crippen LogP contribution in [0.25, 0.3) is 0 Å².